The zero-order chi connectivity index (χ0) is 20.6. The largest absolute Gasteiger partial charge is 0.495 e. The highest BCUT2D eigenvalue weighted by atomic mass is 16.5. The molecular weight excluding hydrogens is 370 g/mol. The molecule has 3 rings (SSSR count). The Morgan fingerprint density at radius 2 is 1.72 bits per heavy atom. The number of para-hydroxylation sites is 2. The minimum Gasteiger partial charge on any atom is -0.495 e. The van der Waals surface area contributed by atoms with Crippen LogP contribution in [0.3, 0.4) is 0 Å². The molecule has 0 atom stereocenters. The van der Waals surface area contributed by atoms with E-state index >= 15 is 0 Å². The Morgan fingerprint density at radius 3 is 2.45 bits per heavy atom. The van der Waals surface area contributed by atoms with E-state index in [-0.39, 0.29) is 5.91 Å². The molecule has 1 aromatic heterocycles. The fourth-order valence-corrected chi connectivity index (χ4v) is 2.64. The molecule has 1 heterocycles. The van der Waals surface area contributed by atoms with Crippen molar-refractivity contribution in [1.29, 1.82) is 0 Å². The second-order valence-corrected chi connectivity index (χ2v) is 6.04. The second kappa shape index (κ2) is 9.36. The Morgan fingerprint density at radius 1 is 0.966 bits per heavy atom. The van der Waals surface area contributed by atoms with Gasteiger partial charge in [0.2, 0.25) is 0 Å². The highest BCUT2D eigenvalue weighted by Gasteiger charge is 2.10. The predicted octanol–water partition coefficient (Wildman–Crippen LogP) is 4.26. The Labute approximate surface area is 168 Å². The van der Waals surface area contributed by atoms with E-state index in [1.165, 1.54) is 6.20 Å². The van der Waals surface area contributed by atoms with Crippen molar-refractivity contribution < 1.29 is 19.1 Å². The number of esters is 1. The molecule has 0 unspecified atom stereocenters. The van der Waals surface area contributed by atoms with Gasteiger partial charge in [-0.15, -0.1) is 0 Å². The summed E-state index contributed by atoms with van der Waals surface area (Å²) in [4.78, 5) is 28.4. The molecule has 29 heavy (non-hydrogen) atoms. The number of hydrogen-bond acceptors (Lipinski definition) is 6. The van der Waals surface area contributed by atoms with Gasteiger partial charge in [0.1, 0.15) is 5.75 Å². The van der Waals surface area contributed by atoms with E-state index in [9.17, 15) is 9.59 Å². The molecule has 3 aromatic rings. The van der Waals surface area contributed by atoms with Crippen molar-refractivity contribution in [1.82, 2.24) is 4.98 Å². The molecule has 0 radical (unpaired) electrons. The Bertz CT molecular complexity index is 1000. The van der Waals surface area contributed by atoms with Crippen LogP contribution in [-0.4, -0.2) is 30.6 Å². The summed E-state index contributed by atoms with van der Waals surface area (Å²) in [6.45, 7) is 2.06. The molecule has 0 fully saturated rings. The van der Waals surface area contributed by atoms with Crippen molar-refractivity contribution in [3.05, 3.63) is 78.1 Å². The first-order valence-corrected chi connectivity index (χ1v) is 9.04. The Kier molecular flexibility index (Phi) is 6.42. The summed E-state index contributed by atoms with van der Waals surface area (Å²) in [7, 11) is 1.59. The van der Waals surface area contributed by atoms with E-state index < -0.39 is 5.97 Å². The summed E-state index contributed by atoms with van der Waals surface area (Å²) >= 11 is 0. The van der Waals surface area contributed by atoms with Crippen molar-refractivity contribution in [3.63, 3.8) is 0 Å². The number of rotatable bonds is 7. The van der Waals surface area contributed by atoms with Crippen LogP contribution < -0.4 is 15.4 Å². The highest BCUT2D eigenvalue weighted by Crippen LogP contribution is 2.27. The molecule has 0 spiro atoms. The highest BCUT2D eigenvalue weighted by molar-refractivity contribution is 6.04. The van der Waals surface area contributed by atoms with Gasteiger partial charge >= 0.3 is 5.97 Å². The van der Waals surface area contributed by atoms with E-state index in [0.29, 0.717) is 34.9 Å². The summed E-state index contributed by atoms with van der Waals surface area (Å²) in [5.74, 6) is -0.0289. The third kappa shape index (κ3) is 5.10. The van der Waals surface area contributed by atoms with Crippen molar-refractivity contribution >= 4 is 28.9 Å². The summed E-state index contributed by atoms with van der Waals surface area (Å²) in [5, 5.41) is 5.98. The van der Waals surface area contributed by atoms with Gasteiger partial charge in [0, 0.05) is 11.9 Å². The second-order valence-electron chi connectivity index (χ2n) is 6.04. The molecule has 0 aliphatic heterocycles. The molecule has 7 nitrogen and oxygen atoms in total. The normalized spacial score (nSPS) is 10.1. The van der Waals surface area contributed by atoms with Crippen molar-refractivity contribution in [3.8, 4) is 5.75 Å². The lowest BCUT2D eigenvalue weighted by Gasteiger charge is -2.11. The topological polar surface area (TPSA) is 89.5 Å². The molecule has 0 bridgehead atoms. The van der Waals surface area contributed by atoms with Crippen molar-refractivity contribution in [2.75, 3.05) is 24.4 Å². The third-order valence-electron chi connectivity index (χ3n) is 4.04. The molecule has 0 saturated heterocycles. The van der Waals surface area contributed by atoms with Crippen molar-refractivity contribution in [2.24, 2.45) is 0 Å². The van der Waals surface area contributed by atoms with E-state index in [1.54, 1.807) is 50.6 Å². The summed E-state index contributed by atoms with van der Waals surface area (Å²) in [6.07, 6.45) is 3.10. The number of pyridine rings is 1. The number of hydrogen-bond donors (Lipinski definition) is 2. The number of methoxy groups -OCH3 is 1. The van der Waals surface area contributed by atoms with Gasteiger partial charge in [-0.3, -0.25) is 9.78 Å². The SMILES string of the molecule is CCOC(=O)c1ccc(NC(=O)c2cncc(Nc3ccccc3OC)c2)cc1. The summed E-state index contributed by atoms with van der Waals surface area (Å²) < 4.78 is 10.3. The maximum absolute atomic E-state index is 12.6. The lowest BCUT2D eigenvalue weighted by molar-refractivity contribution is 0.0526. The Hall–Kier alpha value is -3.87. The number of anilines is 3. The maximum Gasteiger partial charge on any atom is 0.338 e. The molecule has 0 aliphatic carbocycles. The summed E-state index contributed by atoms with van der Waals surface area (Å²) in [6, 6.07) is 15.7. The molecule has 1 amide bonds. The predicted molar refractivity (Wildman–Crippen MR) is 111 cm³/mol. The fourth-order valence-electron chi connectivity index (χ4n) is 2.64. The number of carbonyl (C=O) groups is 2. The number of benzene rings is 2. The van der Waals surface area contributed by atoms with Gasteiger partial charge in [0.25, 0.3) is 5.91 Å². The third-order valence-corrected chi connectivity index (χ3v) is 4.04. The average Bonchev–Trinajstić information content (AvgIpc) is 2.75. The molecule has 7 heteroatoms. The van der Waals surface area contributed by atoms with Gasteiger partial charge in [-0.1, -0.05) is 12.1 Å². The molecule has 148 valence electrons. The van der Waals surface area contributed by atoms with E-state index in [1.807, 2.05) is 24.3 Å². The first-order chi connectivity index (χ1) is 14.1. The zero-order valence-electron chi connectivity index (χ0n) is 16.1. The van der Waals surface area contributed by atoms with E-state index in [0.717, 1.165) is 5.69 Å². The van der Waals surface area contributed by atoms with E-state index in [4.69, 9.17) is 9.47 Å². The van der Waals surface area contributed by atoms with Crippen LogP contribution in [0.1, 0.15) is 27.6 Å². The fraction of sp³-hybridized carbons (Fsp3) is 0.136. The smallest absolute Gasteiger partial charge is 0.338 e. The summed E-state index contributed by atoms with van der Waals surface area (Å²) in [5.41, 5.74) is 2.80. The van der Waals surface area contributed by atoms with Crippen molar-refractivity contribution in [2.45, 2.75) is 6.92 Å². The zero-order valence-corrected chi connectivity index (χ0v) is 16.1. The molecule has 2 N–H and O–H groups in total. The van der Waals surface area contributed by atoms with E-state index in [2.05, 4.69) is 15.6 Å². The number of aromatic nitrogens is 1. The molecule has 0 saturated carbocycles. The standard InChI is InChI=1S/C22H21N3O4/c1-3-29-22(27)15-8-10-17(11-9-15)25-21(26)16-12-18(14-23-13-16)24-19-6-4-5-7-20(19)28-2/h4-14,24H,3H2,1-2H3,(H,25,26). The molecule has 2 aromatic carbocycles. The Balaban J connectivity index is 1.70. The van der Waals surface area contributed by atoms with Gasteiger partial charge in [0.15, 0.2) is 0 Å². The monoisotopic (exact) mass is 391 g/mol. The molecular formula is C22H21N3O4. The van der Waals surface area contributed by atoms with Crippen LogP contribution >= 0.6 is 0 Å². The van der Waals surface area contributed by atoms with Crippen LogP contribution in [0.2, 0.25) is 0 Å². The lowest BCUT2D eigenvalue weighted by Crippen LogP contribution is -2.13. The maximum atomic E-state index is 12.6. The van der Waals surface area contributed by atoms with Crippen LogP contribution in [0.15, 0.2) is 67.0 Å². The number of nitrogens with zero attached hydrogens (tertiary/aromatic N) is 1. The van der Waals surface area contributed by atoms with Crippen LogP contribution in [0.5, 0.6) is 5.75 Å². The first kappa shape index (κ1) is 19.9. The van der Waals surface area contributed by atoms with Crippen LogP contribution in [0, 0.1) is 0 Å². The van der Waals surface area contributed by atoms with Crippen LogP contribution in [-0.2, 0) is 4.74 Å². The average molecular weight is 391 g/mol. The van der Waals surface area contributed by atoms with Crippen LogP contribution in [0.4, 0.5) is 17.1 Å². The minimum atomic E-state index is -0.398. The van der Waals surface area contributed by atoms with Gasteiger partial charge in [0.05, 0.1) is 42.4 Å². The van der Waals surface area contributed by atoms with Gasteiger partial charge in [-0.2, -0.15) is 0 Å². The van der Waals surface area contributed by atoms with Gasteiger partial charge in [-0.25, -0.2) is 4.79 Å². The quantitative estimate of drug-likeness (QED) is 0.585. The van der Waals surface area contributed by atoms with Gasteiger partial charge < -0.3 is 20.1 Å². The first-order valence-electron chi connectivity index (χ1n) is 9.04. The number of amides is 1. The molecule has 0 aliphatic rings. The lowest BCUT2D eigenvalue weighted by atomic mass is 10.2. The number of ether oxygens (including phenoxy) is 2. The minimum absolute atomic E-state index is 0.309. The van der Waals surface area contributed by atoms with Crippen LogP contribution in [0.25, 0.3) is 0 Å². The number of nitrogens with one attached hydrogen (secondary N) is 2. The van der Waals surface area contributed by atoms with Gasteiger partial charge in [-0.05, 0) is 49.4 Å². The number of carbonyl (C=O) groups excluding carboxylic acids is 2.